The van der Waals surface area contributed by atoms with Crippen molar-refractivity contribution in [2.45, 2.75) is 20.0 Å². The number of amides is 2. The Hall–Kier alpha value is -3.13. The van der Waals surface area contributed by atoms with E-state index in [1.165, 1.54) is 12.1 Å². The van der Waals surface area contributed by atoms with E-state index < -0.39 is 5.91 Å². The van der Waals surface area contributed by atoms with Crippen molar-refractivity contribution in [1.29, 1.82) is 0 Å². The Bertz CT molecular complexity index is 845. The normalized spacial score (nSPS) is 14.0. The molecule has 2 heterocycles. The summed E-state index contributed by atoms with van der Waals surface area (Å²) in [6, 6.07) is 9.65. The van der Waals surface area contributed by atoms with Crippen LogP contribution in [0.2, 0.25) is 0 Å². The van der Waals surface area contributed by atoms with Crippen molar-refractivity contribution in [3.05, 3.63) is 47.5 Å². The molecule has 3 rings (SSSR count). The van der Waals surface area contributed by atoms with Gasteiger partial charge in [-0.2, -0.15) is 4.98 Å². The molecule has 0 atom stereocenters. The van der Waals surface area contributed by atoms with Gasteiger partial charge in [-0.15, -0.1) is 0 Å². The van der Waals surface area contributed by atoms with E-state index in [2.05, 4.69) is 4.98 Å². The highest BCUT2D eigenvalue weighted by atomic mass is 16.5. The predicted molar refractivity (Wildman–Crippen MR) is 102 cm³/mol. The number of rotatable bonds is 6. The number of benzene rings is 1. The van der Waals surface area contributed by atoms with Crippen LogP contribution in [-0.2, 0) is 4.74 Å². The van der Waals surface area contributed by atoms with Crippen molar-refractivity contribution in [3.63, 3.8) is 0 Å². The van der Waals surface area contributed by atoms with Gasteiger partial charge >= 0.3 is 0 Å². The summed E-state index contributed by atoms with van der Waals surface area (Å²) in [5, 5.41) is 0. The summed E-state index contributed by atoms with van der Waals surface area (Å²) >= 11 is 0. The van der Waals surface area contributed by atoms with Crippen LogP contribution in [0.4, 0.5) is 0 Å². The summed E-state index contributed by atoms with van der Waals surface area (Å²) in [4.78, 5) is 30.0. The number of pyridine rings is 1. The molecule has 0 aliphatic carbocycles. The van der Waals surface area contributed by atoms with Crippen LogP contribution in [0, 0.1) is 0 Å². The van der Waals surface area contributed by atoms with Gasteiger partial charge in [0.05, 0.1) is 19.3 Å². The summed E-state index contributed by atoms with van der Waals surface area (Å²) in [7, 11) is 0. The van der Waals surface area contributed by atoms with E-state index in [4.69, 9.17) is 19.9 Å². The molecule has 1 fully saturated rings. The molecule has 1 aliphatic heterocycles. The molecule has 1 aliphatic rings. The van der Waals surface area contributed by atoms with Crippen molar-refractivity contribution in [1.82, 2.24) is 9.88 Å². The Balaban J connectivity index is 1.75. The fourth-order valence-corrected chi connectivity index (χ4v) is 2.71. The molecule has 8 nitrogen and oxygen atoms in total. The van der Waals surface area contributed by atoms with E-state index in [9.17, 15) is 9.59 Å². The number of nitrogens with two attached hydrogens (primary N) is 1. The van der Waals surface area contributed by atoms with Gasteiger partial charge in [0.25, 0.3) is 5.91 Å². The van der Waals surface area contributed by atoms with Gasteiger partial charge in [-0.25, -0.2) is 0 Å². The van der Waals surface area contributed by atoms with E-state index in [1.54, 1.807) is 29.2 Å². The fourth-order valence-electron chi connectivity index (χ4n) is 2.71. The van der Waals surface area contributed by atoms with Crippen molar-refractivity contribution < 1.29 is 23.8 Å². The molecule has 1 aromatic heterocycles. The number of primary amides is 1. The van der Waals surface area contributed by atoms with Crippen molar-refractivity contribution >= 4 is 11.8 Å². The van der Waals surface area contributed by atoms with E-state index in [0.29, 0.717) is 37.6 Å². The second kappa shape index (κ2) is 8.71. The van der Waals surface area contributed by atoms with Gasteiger partial charge in [-0.3, -0.25) is 9.59 Å². The van der Waals surface area contributed by atoms with Gasteiger partial charge in [0.1, 0.15) is 5.75 Å². The molecule has 2 amide bonds. The molecule has 0 bridgehead atoms. The lowest BCUT2D eigenvalue weighted by Crippen LogP contribution is -2.40. The van der Waals surface area contributed by atoms with Gasteiger partial charge < -0.3 is 24.8 Å². The van der Waals surface area contributed by atoms with Gasteiger partial charge in [0.15, 0.2) is 0 Å². The lowest BCUT2D eigenvalue weighted by Gasteiger charge is -2.26. The van der Waals surface area contributed by atoms with Gasteiger partial charge in [0.2, 0.25) is 17.7 Å². The monoisotopic (exact) mass is 385 g/mol. The van der Waals surface area contributed by atoms with Crippen LogP contribution in [-0.4, -0.2) is 54.1 Å². The smallest absolute Gasteiger partial charge is 0.254 e. The second-order valence-corrected chi connectivity index (χ2v) is 6.59. The Morgan fingerprint density at radius 2 is 1.71 bits per heavy atom. The Kier molecular flexibility index (Phi) is 6.10. The van der Waals surface area contributed by atoms with Crippen LogP contribution in [0.3, 0.4) is 0 Å². The molecule has 0 saturated carbocycles. The number of hydrogen-bond donors (Lipinski definition) is 1. The molecule has 2 N–H and O–H groups in total. The highest BCUT2D eigenvalue weighted by Gasteiger charge is 2.18. The van der Waals surface area contributed by atoms with Crippen LogP contribution in [0.25, 0.3) is 0 Å². The van der Waals surface area contributed by atoms with Crippen molar-refractivity contribution in [3.8, 4) is 17.5 Å². The maximum absolute atomic E-state index is 12.5. The van der Waals surface area contributed by atoms with Gasteiger partial charge in [-0.1, -0.05) is 0 Å². The van der Waals surface area contributed by atoms with Crippen LogP contribution >= 0.6 is 0 Å². The first-order valence-electron chi connectivity index (χ1n) is 9.06. The number of carbonyl (C=O) groups is 2. The van der Waals surface area contributed by atoms with Gasteiger partial charge in [0, 0.05) is 36.3 Å². The minimum absolute atomic E-state index is 0.0451. The summed E-state index contributed by atoms with van der Waals surface area (Å²) in [6.07, 6.45) is -0.117. The van der Waals surface area contributed by atoms with Crippen LogP contribution in [0.5, 0.6) is 17.5 Å². The molecule has 28 heavy (non-hydrogen) atoms. The number of hydrogen-bond acceptors (Lipinski definition) is 6. The topological polar surface area (TPSA) is 104 Å². The third-order valence-electron chi connectivity index (χ3n) is 4.04. The third-order valence-corrected chi connectivity index (χ3v) is 4.04. The van der Waals surface area contributed by atoms with E-state index in [0.717, 1.165) is 0 Å². The van der Waals surface area contributed by atoms with Crippen molar-refractivity contribution in [2.75, 3.05) is 26.3 Å². The SMILES string of the molecule is CC(C)Oc1cc(C(N)=O)cc(Oc2ccc(C(=O)N3CCOCC3)cc2)n1. The molecule has 148 valence electrons. The Morgan fingerprint density at radius 3 is 2.32 bits per heavy atom. The largest absolute Gasteiger partial charge is 0.475 e. The summed E-state index contributed by atoms with van der Waals surface area (Å²) in [5.41, 5.74) is 6.17. The molecule has 0 radical (unpaired) electrons. The number of carbonyl (C=O) groups excluding carboxylic acids is 2. The molecule has 0 spiro atoms. The van der Waals surface area contributed by atoms with E-state index in [-0.39, 0.29) is 29.3 Å². The Morgan fingerprint density at radius 1 is 1.07 bits per heavy atom. The standard InChI is InChI=1S/C20H23N3O5/c1-13(2)27-17-11-15(19(21)24)12-18(22-17)28-16-5-3-14(4-6-16)20(25)23-7-9-26-10-8-23/h3-6,11-13H,7-10H2,1-2H3,(H2,21,24). The first kappa shape index (κ1) is 19.6. The number of morpholine rings is 1. The minimum atomic E-state index is -0.604. The number of aromatic nitrogens is 1. The second-order valence-electron chi connectivity index (χ2n) is 6.59. The van der Waals surface area contributed by atoms with E-state index >= 15 is 0 Å². The average Bonchev–Trinajstić information content (AvgIpc) is 2.68. The first-order valence-corrected chi connectivity index (χ1v) is 9.06. The maximum atomic E-state index is 12.5. The zero-order valence-corrected chi connectivity index (χ0v) is 15.9. The highest BCUT2D eigenvalue weighted by Crippen LogP contribution is 2.25. The third kappa shape index (κ3) is 4.98. The summed E-state index contributed by atoms with van der Waals surface area (Å²) in [6.45, 7) is 5.97. The highest BCUT2D eigenvalue weighted by molar-refractivity contribution is 5.94. The minimum Gasteiger partial charge on any atom is -0.475 e. The zero-order valence-electron chi connectivity index (χ0n) is 15.9. The van der Waals surface area contributed by atoms with Crippen LogP contribution in [0.1, 0.15) is 34.6 Å². The lowest BCUT2D eigenvalue weighted by atomic mass is 10.2. The number of nitrogens with zero attached hydrogens (tertiary/aromatic N) is 2. The van der Waals surface area contributed by atoms with Crippen LogP contribution < -0.4 is 15.2 Å². The molecule has 8 heteroatoms. The summed E-state index contributed by atoms with van der Waals surface area (Å²) in [5.74, 6) is 0.256. The van der Waals surface area contributed by atoms with Crippen molar-refractivity contribution in [2.24, 2.45) is 5.73 Å². The molecular formula is C20H23N3O5. The lowest BCUT2D eigenvalue weighted by molar-refractivity contribution is 0.0303. The molecule has 2 aromatic rings. The Labute approximate surface area is 163 Å². The molecular weight excluding hydrogens is 362 g/mol. The fraction of sp³-hybridized carbons (Fsp3) is 0.350. The maximum Gasteiger partial charge on any atom is 0.254 e. The average molecular weight is 385 g/mol. The predicted octanol–water partition coefficient (Wildman–Crippen LogP) is 2.23. The summed E-state index contributed by atoms with van der Waals surface area (Å²) < 4.78 is 16.5. The van der Waals surface area contributed by atoms with E-state index in [1.807, 2.05) is 13.8 Å². The molecule has 1 saturated heterocycles. The molecule has 1 aromatic carbocycles. The molecule has 0 unspecified atom stereocenters. The quantitative estimate of drug-likeness (QED) is 0.818. The van der Waals surface area contributed by atoms with Crippen LogP contribution in [0.15, 0.2) is 36.4 Å². The number of ether oxygens (including phenoxy) is 3. The first-order chi connectivity index (χ1) is 13.4. The van der Waals surface area contributed by atoms with Gasteiger partial charge in [-0.05, 0) is 38.1 Å². The zero-order chi connectivity index (χ0) is 20.1.